The minimum Gasteiger partial charge on any atom is -0.463 e. The van der Waals surface area contributed by atoms with E-state index in [-0.39, 0.29) is 5.91 Å². The van der Waals surface area contributed by atoms with Crippen molar-refractivity contribution in [1.82, 2.24) is 5.43 Å². The van der Waals surface area contributed by atoms with Crippen molar-refractivity contribution in [2.75, 3.05) is 0 Å². The zero-order chi connectivity index (χ0) is 12.1. The molecule has 17 heavy (non-hydrogen) atoms. The Morgan fingerprint density at radius 1 is 1.47 bits per heavy atom. The van der Waals surface area contributed by atoms with E-state index in [0.29, 0.717) is 11.3 Å². The molecule has 2 heterocycles. The summed E-state index contributed by atoms with van der Waals surface area (Å²) in [6.45, 7) is 0. The van der Waals surface area contributed by atoms with Crippen LogP contribution in [0.1, 0.15) is 16.1 Å². The molecular formula is C12H12N3O2+. The average molecular weight is 230 g/mol. The molecule has 0 unspecified atom stereocenters. The molecule has 5 heteroatoms. The summed E-state index contributed by atoms with van der Waals surface area (Å²) in [5.41, 5.74) is 2.97. The van der Waals surface area contributed by atoms with Crippen LogP contribution in [0.4, 0.5) is 0 Å². The number of nitrogens with zero attached hydrogens (tertiary/aromatic N) is 2. The summed E-state index contributed by atoms with van der Waals surface area (Å²) in [5.74, 6) is 0.327. The molecule has 0 bridgehead atoms. The summed E-state index contributed by atoms with van der Waals surface area (Å²) in [6.07, 6.45) is 6.56. The van der Waals surface area contributed by atoms with Crippen molar-refractivity contribution in [3.8, 4) is 0 Å². The normalized spacial score (nSPS) is 10.6. The number of amides is 1. The van der Waals surface area contributed by atoms with Gasteiger partial charge in [-0.3, -0.25) is 4.79 Å². The van der Waals surface area contributed by atoms with Crippen LogP contribution in [0.2, 0.25) is 0 Å². The summed E-state index contributed by atoms with van der Waals surface area (Å²) in [6, 6.07) is 7.02. The van der Waals surface area contributed by atoms with Gasteiger partial charge in [-0.15, -0.1) is 0 Å². The topological polar surface area (TPSA) is 58.5 Å². The highest BCUT2D eigenvalue weighted by atomic mass is 16.3. The van der Waals surface area contributed by atoms with E-state index >= 15 is 0 Å². The van der Waals surface area contributed by atoms with Crippen LogP contribution in [-0.2, 0) is 7.05 Å². The summed E-state index contributed by atoms with van der Waals surface area (Å²) >= 11 is 0. The Morgan fingerprint density at radius 2 is 2.35 bits per heavy atom. The minimum absolute atomic E-state index is 0.260. The molecule has 0 aliphatic rings. The number of rotatable bonds is 3. The maximum absolute atomic E-state index is 11.7. The van der Waals surface area contributed by atoms with Crippen molar-refractivity contribution in [1.29, 1.82) is 0 Å². The Bertz CT molecular complexity index is 532. The van der Waals surface area contributed by atoms with Gasteiger partial charge in [-0.2, -0.15) is 5.10 Å². The SMILES string of the molecule is C[n+]1cccc(C(=O)NN=Cc2ccco2)c1. The quantitative estimate of drug-likeness (QED) is 0.483. The van der Waals surface area contributed by atoms with Gasteiger partial charge in [0.25, 0.3) is 5.91 Å². The third kappa shape index (κ3) is 3.01. The van der Waals surface area contributed by atoms with Gasteiger partial charge in [0.2, 0.25) is 0 Å². The number of carbonyl (C=O) groups is 1. The van der Waals surface area contributed by atoms with Crippen molar-refractivity contribution < 1.29 is 13.8 Å². The summed E-state index contributed by atoms with van der Waals surface area (Å²) < 4.78 is 6.83. The molecule has 0 saturated heterocycles. The molecular weight excluding hydrogens is 218 g/mol. The van der Waals surface area contributed by atoms with Crippen LogP contribution >= 0.6 is 0 Å². The maximum Gasteiger partial charge on any atom is 0.277 e. The second-order valence-corrected chi connectivity index (χ2v) is 3.47. The van der Waals surface area contributed by atoms with Gasteiger partial charge >= 0.3 is 0 Å². The lowest BCUT2D eigenvalue weighted by Crippen LogP contribution is -2.29. The van der Waals surface area contributed by atoms with Gasteiger partial charge in [-0.05, 0) is 18.2 Å². The average Bonchev–Trinajstić information content (AvgIpc) is 2.82. The number of hydrazone groups is 1. The van der Waals surface area contributed by atoms with Crippen molar-refractivity contribution in [3.63, 3.8) is 0 Å². The fourth-order valence-corrected chi connectivity index (χ4v) is 1.31. The zero-order valence-corrected chi connectivity index (χ0v) is 9.33. The molecule has 1 N–H and O–H groups in total. The number of nitrogens with one attached hydrogen (secondary N) is 1. The zero-order valence-electron chi connectivity index (χ0n) is 9.33. The first kappa shape index (κ1) is 11.1. The maximum atomic E-state index is 11.7. The molecule has 0 aliphatic heterocycles. The predicted octanol–water partition coefficient (Wildman–Crippen LogP) is 0.868. The van der Waals surface area contributed by atoms with E-state index in [2.05, 4.69) is 10.5 Å². The lowest BCUT2D eigenvalue weighted by molar-refractivity contribution is -0.671. The van der Waals surface area contributed by atoms with Gasteiger partial charge in [0.1, 0.15) is 18.4 Å². The number of carbonyl (C=O) groups excluding carboxylic acids is 1. The van der Waals surface area contributed by atoms with Crippen molar-refractivity contribution in [3.05, 3.63) is 54.2 Å². The smallest absolute Gasteiger partial charge is 0.277 e. The lowest BCUT2D eigenvalue weighted by Gasteiger charge is -1.96. The van der Waals surface area contributed by atoms with Crippen molar-refractivity contribution >= 4 is 12.1 Å². The monoisotopic (exact) mass is 230 g/mol. The van der Waals surface area contributed by atoms with E-state index in [0.717, 1.165) is 0 Å². The Hall–Kier alpha value is -2.43. The van der Waals surface area contributed by atoms with Gasteiger partial charge in [0.15, 0.2) is 12.4 Å². The molecule has 0 spiro atoms. The van der Waals surface area contributed by atoms with Gasteiger partial charge in [-0.25, -0.2) is 9.99 Å². The third-order valence-corrected chi connectivity index (χ3v) is 2.10. The fourth-order valence-electron chi connectivity index (χ4n) is 1.31. The fraction of sp³-hybridized carbons (Fsp3) is 0.0833. The van der Waals surface area contributed by atoms with Gasteiger partial charge in [-0.1, -0.05) is 0 Å². The number of aromatic nitrogens is 1. The molecule has 2 rings (SSSR count). The number of aryl methyl sites for hydroxylation is 1. The second-order valence-electron chi connectivity index (χ2n) is 3.47. The Kier molecular flexibility index (Phi) is 3.30. The Balaban J connectivity index is 1.98. The van der Waals surface area contributed by atoms with Gasteiger partial charge in [0, 0.05) is 6.07 Å². The van der Waals surface area contributed by atoms with E-state index in [1.165, 1.54) is 6.21 Å². The van der Waals surface area contributed by atoms with Crippen molar-refractivity contribution in [2.45, 2.75) is 0 Å². The van der Waals surface area contributed by atoms with Crippen molar-refractivity contribution in [2.24, 2.45) is 12.1 Å². The summed E-state index contributed by atoms with van der Waals surface area (Å²) in [5, 5.41) is 3.79. The molecule has 5 nitrogen and oxygen atoms in total. The van der Waals surface area contributed by atoms with Crippen LogP contribution in [-0.4, -0.2) is 12.1 Å². The molecule has 0 saturated carbocycles. The molecule has 0 aliphatic carbocycles. The molecule has 2 aromatic heterocycles. The van der Waals surface area contributed by atoms with Crippen LogP contribution in [0.3, 0.4) is 0 Å². The standard InChI is InChI=1S/C12H11N3O2/c1-15-6-2-4-10(9-15)12(16)14-13-8-11-5-3-7-17-11/h2-9H,1H3/p+1. The molecule has 0 fully saturated rings. The highest BCUT2D eigenvalue weighted by molar-refractivity contribution is 5.94. The molecule has 0 atom stereocenters. The van der Waals surface area contributed by atoms with Gasteiger partial charge < -0.3 is 4.42 Å². The lowest BCUT2D eigenvalue weighted by atomic mass is 10.3. The number of pyridine rings is 1. The largest absolute Gasteiger partial charge is 0.463 e. The first-order valence-electron chi connectivity index (χ1n) is 5.08. The predicted molar refractivity (Wildman–Crippen MR) is 61.4 cm³/mol. The number of hydrogen-bond donors (Lipinski definition) is 1. The van der Waals surface area contributed by atoms with E-state index in [4.69, 9.17) is 4.42 Å². The minimum atomic E-state index is -0.260. The van der Waals surface area contributed by atoms with Crippen LogP contribution in [0.5, 0.6) is 0 Å². The highest BCUT2D eigenvalue weighted by Crippen LogP contribution is 1.96. The molecule has 0 aromatic carbocycles. The summed E-state index contributed by atoms with van der Waals surface area (Å²) in [4.78, 5) is 11.7. The van der Waals surface area contributed by atoms with E-state index in [1.807, 2.05) is 13.2 Å². The second kappa shape index (κ2) is 5.07. The molecule has 1 amide bonds. The Labute approximate surface area is 98.4 Å². The molecule has 2 aromatic rings. The molecule has 86 valence electrons. The van der Waals surface area contributed by atoms with E-state index < -0.39 is 0 Å². The highest BCUT2D eigenvalue weighted by Gasteiger charge is 2.07. The third-order valence-electron chi connectivity index (χ3n) is 2.10. The first-order valence-corrected chi connectivity index (χ1v) is 5.08. The van der Waals surface area contributed by atoms with Gasteiger partial charge in [0.05, 0.1) is 12.5 Å². The van der Waals surface area contributed by atoms with Crippen LogP contribution in [0.15, 0.2) is 52.4 Å². The summed E-state index contributed by atoms with van der Waals surface area (Å²) in [7, 11) is 1.85. The van der Waals surface area contributed by atoms with Crippen LogP contribution in [0.25, 0.3) is 0 Å². The number of hydrogen-bond acceptors (Lipinski definition) is 3. The van der Waals surface area contributed by atoms with E-state index in [9.17, 15) is 4.79 Å². The van der Waals surface area contributed by atoms with E-state index in [1.54, 1.807) is 41.3 Å². The first-order chi connectivity index (χ1) is 8.25. The number of furan rings is 1. The van der Waals surface area contributed by atoms with Crippen LogP contribution < -0.4 is 9.99 Å². The van der Waals surface area contributed by atoms with Crippen LogP contribution in [0, 0.1) is 0 Å². The molecule has 0 radical (unpaired) electrons. The Morgan fingerprint density at radius 3 is 3.06 bits per heavy atom.